The number of piperidine rings is 1. The maximum Gasteiger partial charge on any atom is 0.327 e. The summed E-state index contributed by atoms with van der Waals surface area (Å²) in [6.07, 6.45) is 1.53. The minimum atomic E-state index is -0.969. The molecular formula is C12H19N3O4S. The van der Waals surface area contributed by atoms with Gasteiger partial charge in [-0.15, -0.1) is 11.8 Å². The second kappa shape index (κ2) is 6.34. The number of carbonyl (C=O) groups excluding carboxylic acids is 2. The fourth-order valence-electron chi connectivity index (χ4n) is 2.59. The summed E-state index contributed by atoms with van der Waals surface area (Å²) >= 11 is 1.44. The Morgan fingerprint density at radius 1 is 1.35 bits per heavy atom. The molecule has 0 aromatic heterocycles. The molecule has 7 nitrogen and oxygen atoms in total. The Bertz CT molecular complexity index is 418. The van der Waals surface area contributed by atoms with Gasteiger partial charge < -0.3 is 20.2 Å². The fraction of sp³-hybridized carbons (Fsp3) is 0.750. The van der Waals surface area contributed by atoms with Crippen molar-refractivity contribution in [2.75, 3.05) is 31.8 Å². The molecule has 20 heavy (non-hydrogen) atoms. The largest absolute Gasteiger partial charge is 0.480 e. The summed E-state index contributed by atoms with van der Waals surface area (Å²) in [5.41, 5.74) is 0. The number of carboxylic acids is 1. The molecule has 2 fully saturated rings. The van der Waals surface area contributed by atoms with E-state index in [-0.39, 0.29) is 17.9 Å². The molecule has 2 saturated heterocycles. The van der Waals surface area contributed by atoms with E-state index in [9.17, 15) is 14.4 Å². The molecule has 112 valence electrons. The van der Waals surface area contributed by atoms with Crippen LogP contribution >= 0.6 is 11.8 Å². The first-order chi connectivity index (χ1) is 9.54. The Morgan fingerprint density at radius 2 is 2.10 bits per heavy atom. The van der Waals surface area contributed by atoms with Crippen LogP contribution < -0.4 is 5.32 Å². The van der Waals surface area contributed by atoms with Crippen LogP contribution in [0, 0.1) is 5.92 Å². The lowest BCUT2D eigenvalue weighted by molar-refractivity contribution is -0.141. The number of carboxylic acid groups (broad SMARTS) is 1. The van der Waals surface area contributed by atoms with Crippen LogP contribution in [0.1, 0.15) is 12.8 Å². The molecule has 0 aliphatic carbocycles. The van der Waals surface area contributed by atoms with Crippen LogP contribution in [0.15, 0.2) is 0 Å². The molecule has 3 amide bonds. The van der Waals surface area contributed by atoms with Crippen LogP contribution in [0.25, 0.3) is 0 Å². The van der Waals surface area contributed by atoms with Crippen LogP contribution in [0.2, 0.25) is 0 Å². The Morgan fingerprint density at radius 3 is 2.75 bits per heavy atom. The highest BCUT2D eigenvalue weighted by atomic mass is 32.2. The third-order valence-electron chi connectivity index (χ3n) is 3.72. The first-order valence-corrected chi connectivity index (χ1v) is 7.77. The lowest BCUT2D eigenvalue weighted by Gasteiger charge is -2.35. The van der Waals surface area contributed by atoms with E-state index in [1.807, 2.05) is 0 Å². The molecule has 0 aromatic carbocycles. The number of nitrogens with zero attached hydrogens (tertiary/aromatic N) is 2. The topological polar surface area (TPSA) is 90.0 Å². The van der Waals surface area contributed by atoms with Gasteiger partial charge in [-0.3, -0.25) is 4.79 Å². The maximum atomic E-state index is 12.4. The predicted molar refractivity (Wildman–Crippen MR) is 74.3 cm³/mol. The van der Waals surface area contributed by atoms with Gasteiger partial charge in [0.05, 0.1) is 11.8 Å². The SMILES string of the molecule is CNC(=O)C1CCCN(C(=O)N2CSC[C@H]2C(=O)O)C1. The highest BCUT2D eigenvalue weighted by Crippen LogP contribution is 2.25. The molecule has 2 N–H and O–H groups in total. The molecule has 2 aliphatic heterocycles. The van der Waals surface area contributed by atoms with Gasteiger partial charge in [0.25, 0.3) is 0 Å². The van der Waals surface area contributed by atoms with Crippen molar-refractivity contribution in [1.29, 1.82) is 0 Å². The molecule has 2 atom stereocenters. The average molecular weight is 301 g/mol. The van der Waals surface area contributed by atoms with Gasteiger partial charge in [-0.25, -0.2) is 9.59 Å². The standard InChI is InChI=1S/C12H19N3O4S/c1-13-10(16)8-3-2-4-14(5-8)12(19)15-7-20-6-9(15)11(17)18/h8-9H,2-7H2,1H3,(H,13,16)(H,17,18)/t8?,9-/m0/s1. The number of carbonyl (C=O) groups is 3. The molecule has 0 aromatic rings. The number of likely N-dealkylation sites (tertiary alicyclic amines) is 1. The van der Waals surface area contributed by atoms with Crippen LogP contribution in [0.5, 0.6) is 0 Å². The summed E-state index contributed by atoms with van der Waals surface area (Å²) in [6.45, 7) is 0.950. The van der Waals surface area contributed by atoms with Gasteiger partial charge in [0, 0.05) is 25.9 Å². The summed E-state index contributed by atoms with van der Waals surface area (Å²) in [6, 6.07) is -1.02. The van der Waals surface area contributed by atoms with Crippen LogP contribution in [-0.2, 0) is 9.59 Å². The number of amides is 3. The van der Waals surface area contributed by atoms with E-state index in [2.05, 4.69) is 5.32 Å². The quantitative estimate of drug-likeness (QED) is 0.751. The number of rotatable bonds is 2. The van der Waals surface area contributed by atoms with Gasteiger partial charge in [-0.1, -0.05) is 0 Å². The Labute approximate surface area is 121 Å². The van der Waals surface area contributed by atoms with Crippen molar-refractivity contribution in [3.8, 4) is 0 Å². The zero-order valence-corrected chi connectivity index (χ0v) is 12.2. The molecule has 0 radical (unpaired) electrons. The van der Waals surface area contributed by atoms with Crippen LogP contribution in [-0.4, -0.2) is 70.6 Å². The summed E-state index contributed by atoms with van der Waals surface area (Å²) in [5, 5.41) is 11.7. The summed E-state index contributed by atoms with van der Waals surface area (Å²) in [7, 11) is 1.58. The smallest absolute Gasteiger partial charge is 0.327 e. The summed E-state index contributed by atoms with van der Waals surface area (Å²) < 4.78 is 0. The third-order valence-corrected chi connectivity index (χ3v) is 4.73. The van der Waals surface area contributed by atoms with Crippen molar-refractivity contribution in [3.63, 3.8) is 0 Å². The minimum Gasteiger partial charge on any atom is -0.480 e. The predicted octanol–water partition coefficient (Wildman–Crippen LogP) is 0.0239. The molecule has 2 heterocycles. The number of nitrogens with one attached hydrogen (secondary N) is 1. The van der Waals surface area contributed by atoms with Crippen molar-refractivity contribution in [2.45, 2.75) is 18.9 Å². The first-order valence-electron chi connectivity index (χ1n) is 6.62. The lowest BCUT2D eigenvalue weighted by Crippen LogP contribution is -2.52. The number of aliphatic carboxylic acids is 1. The Kier molecular flexibility index (Phi) is 4.74. The maximum absolute atomic E-state index is 12.4. The zero-order chi connectivity index (χ0) is 14.7. The van der Waals surface area contributed by atoms with Gasteiger partial charge in [0.2, 0.25) is 5.91 Å². The van der Waals surface area contributed by atoms with E-state index in [0.717, 1.165) is 12.8 Å². The van der Waals surface area contributed by atoms with Gasteiger partial charge in [-0.2, -0.15) is 0 Å². The van der Waals surface area contributed by atoms with Crippen molar-refractivity contribution in [3.05, 3.63) is 0 Å². The highest BCUT2D eigenvalue weighted by molar-refractivity contribution is 7.99. The van der Waals surface area contributed by atoms with Crippen molar-refractivity contribution < 1.29 is 19.5 Å². The first kappa shape index (κ1) is 15.0. The van der Waals surface area contributed by atoms with E-state index in [0.29, 0.717) is 24.7 Å². The molecule has 2 aliphatic rings. The molecular weight excluding hydrogens is 282 g/mol. The van der Waals surface area contributed by atoms with E-state index in [4.69, 9.17) is 5.11 Å². The number of thioether (sulfide) groups is 1. The average Bonchev–Trinajstić information content (AvgIpc) is 2.95. The van der Waals surface area contributed by atoms with Crippen LogP contribution in [0.4, 0.5) is 4.79 Å². The van der Waals surface area contributed by atoms with Crippen molar-refractivity contribution >= 4 is 29.7 Å². The lowest BCUT2D eigenvalue weighted by atomic mass is 9.97. The number of hydrogen-bond donors (Lipinski definition) is 2. The zero-order valence-electron chi connectivity index (χ0n) is 11.4. The molecule has 1 unspecified atom stereocenters. The normalized spacial score (nSPS) is 26.4. The number of urea groups is 1. The molecule has 0 spiro atoms. The van der Waals surface area contributed by atoms with E-state index in [1.165, 1.54) is 16.7 Å². The van der Waals surface area contributed by atoms with Gasteiger partial charge >= 0.3 is 12.0 Å². The fourth-order valence-corrected chi connectivity index (χ4v) is 3.72. The monoisotopic (exact) mass is 301 g/mol. The van der Waals surface area contributed by atoms with Crippen molar-refractivity contribution in [1.82, 2.24) is 15.1 Å². The second-order valence-electron chi connectivity index (χ2n) is 5.01. The Balaban J connectivity index is 2.01. The van der Waals surface area contributed by atoms with E-state index >= 15 is 0 Å². The van der Waals surface area contributed by atoms with Crippen LogP contribution in [0.3, 0.4) is 0 Å². The Hall–Kier alpha value is -1.44. The minimum absolute atomic E-state index is 0.0620. The van der Waals surface area contributed by atoms with E-state index < -0.39 is 12.0 Å². The molecule has 0 saturated carbocycles. The number of hydrogen-bond acceptors (Lipinski definition) is 4. The van der Waals surface area contributed by atoms with Gasteiger partial charge in [0.15, 0.2) is 0 Å². The summed E-state index contributed by atoms with van der Waals surface area (Å²) in [4.78, 5) is 38.2. The highest BCUT2D eigenvalue weighted by Gasteiger charge is 2.38. The van der Waals surface area contributed by atoms with Gasteiger partial charge in [0.1, 0.15) is 6.04 Å². The van der Waals surface area contributed by atoms with Crippen molar-refractivity contribution in [2.24, 2.45) is 5.92 Å². The third kappa shape index (κ3) is 3.00. The molecule has 0 bridgehead atoms. The second-order valence-corrected chi connectivity index (χ2v) is 6.01. The summed E-state index contributed by atoms with van der Waals surface area (Å²) in [5.74, 6) is -0.405. The van der Waals surface area contributed by atoms with E-state index in [1.54, 1.807) is 11.9 Å². The van der Waals surface area contributed by atoms with Gasteiger partial charge in [-0.05, 0) is 12.8 Å². The molecule has 8 heteroatoms. The molecule has 2 rings (SSSR count).